The SMILES string of the molecule is CNc1nc(Nc2cnn([C@@H]3CCn4cncc43)c2C)ncc1C(F)(F)F. The number of rotatable bonds is 4. The molecule has 1 aliphatic rings. The second-order valence-corrected chi connectivity index (χ2v) is 6.23. The summed E-state index contributed by atoms with van der Waals surface area (Å²) >= 11 is 0. The lowest BCUT2D eigenvalue weighted by atomic mass is 10.2. The van der Waals surface area contributed by atoms with Crippen LogP contribution < -0.4 is 10.6 Å². The summed E-state index contributed by atoms with van der Waals surface area (Å²) in [5.74, 6) is -0.226. The molecule has 0 aliphatic carbocycles. The number of aromatic nitrogens is 6. The van der Waals surface area contributed by atoms with Crippen molar-refractivity contribution in [2.45, 2.75) is 32.1 Å². The molecule has 8 nitrogen and oxygen atoms in total. The number of halogens is 3. The lowest BCUT2D eigenvalue weighted by Gasteiger charge is -2.14. The molecule has 1 aliphatic heterocycles. The van der Waals surface area contributed by atoms with Gasteiger partial charge in [-0.15, -0.1) is 0 Å². The van der Waals surface area contributed by atoms with Crippen LogP contribution in [-0.4, -0.2) is 36.3 Å². The van der Waals surface area contributed by atoms with E-state index in [0.29, 0.717) is 5.69 Å². The highest BCUT2D eigenvalue weighted by Crippen LogP contribution is 2.35. The Bertz CT molecular complexity index is 974. The van der Waals surface area contributed by atoms with Gasteiger partial charge < -0.3 is 15.2 Å². The van der Waals surface area contributed by atoms with Crippen LogP contribution in [0.4, 0.5) is 30.6 Å². The zero-order chi connectivity index (χ0) is 19.2. The van der Waals surface area contributed by atoms with E-state index in [0.717, 1.165) is 30.6 Å². The molecular weight excluding hydrogens is 361 g/mol. The number of anilines is 3. The maximum Gasteiger partial charge on any atom is 0.421 e. The Morgan fingerprint density at radius 1 is 1.22 bits per heavy atom. The van der Waals surface area contributed by atoms with E-state index in [4.69, 9.17) is 0 Å². The second kappa shape index (κ2) is 6.25. The Morgan fingerprint density at radius 3 is 2.78 bits per heavy atom. The standard InChI is InChI=1S/C16H17F3N8/c1-9-11(6-23-27(9)12-3-4-26-8-21-7-13(12)26)24-15-22-5-10(16(17,18)19)14(20-2)25-15/h5-8,12H,3-4H2,1-2H3,(H2,20,22,24,25)/t12-/m1/s1. The molecule has 0 fully saturated rings. The van der Waals surface area contributed by atoms with E-state index in [1.54, 1.807) is 12.5 Å². The van der Waals surface area contributed by atoms with Crippen LogP contribution in [0.1, 0.15) is 29.4 Å². The molecule has 0 saturated heterocycles. The zero-order valence-electron chi connectivity index (χ0n) is 14.6. The second-order valence-electron chi connectivity index (χ2n) is 6.23. The van der Waals surface area contributed by atoms with Crippen molar-refractivity contribution >= 4 is 17.5 Å². The molecule has 2 N–H and O–H groups in total. The first-order chi connectivity index (χ1) is 12.9. The van der Waals surface area contributed by atoms with Crippen LogP contribution in [0.15, 0.2) is 24.9 Å². The topological polar surface area (TPSA) is 85.5 Å². The molecule has 3 aromatic rings. The number of nitrogens with zero attached hydrogens (tertiary/aromatic N) is 6. The molecule has 3 aromatic heterocycles. The molecule has 0 saturated carbocycles. The van der Waals surface area contributed by atoms with Gasteiger partial charge in [-0.25, -0.2) is 9.97 Å². The van der Waals surface area contributed by atoms with Crippen molar-refractivity contribution < 1.29 is 13.2 Å². The summed E-state index contributed by atoms with van der Waals surface area (Å²) in [6.07, 6.45) is 2.38. The first kappa shape index (κ1) is 17.3. The monoisotopic (exact) mass is 378 g/mol. The lowest BCUT2D eigenvalue weighted by molar-refractivity contribution is -0.137. The van der Waals surface area contributed by atoms with Gasteiger partial charge in [-0.3, -0.25) is 4.68 Å². The van der Waals surface area contributed by atoms with Gasteiger partial charge in [0.25, 0.3) is 0 Å². The van der Waals surface area contributed by atoms with Crippen molar-refractivity contribution in [2.75, 3.05) is 17.7 Å². The molecule has 0 radical (unpaired) electrons. The predicted octanol–water partition coefficient (Wildman–Crippen LogP) is 2.98. The molecule has 11 heteroatoms. The summed E-state index contributed by atoms with van der Waals surface area (Å²) in [5, 5.41) is 9.84. The van der Waals surface area contributed by atoms with Crippen molar-refractivity contribution in [2.24, 2.45) is 0 Å². The van der Waals surface area contributed by atoms with E-state index in [1.807, 2.05) is 17.8 Å². The van der Waals surface area contributed by atoms with E-state index in [2.05, 4.69) is 35.3 Å². The van der Waals surface area contributed by atoms with Gasteiger partial charge in [-0.2, -0.15) is 23.3 Å². The Hall–Kier alpha value is -3.11. The van der Waals surface area contributed by atoms with Gasteiger partial charge in [0.05, 0.1) is 41.8 Å². The van der Waals surface area contributed by atoms with E-state index in [-0.39, 0.29) is 17.8 Å². The van der Waals surface area contributed by atoms with E-state index >= 15 is 0 Å². The average Bonchev–Trinajstić information content (AvgIpc) is 3.31. The third-order valence-electron chi connectivity index (χ3n) is 4.65. The maximum atomic E-state index is 13.0. The number of hydrogen-bond acceptors (Lipinski definition) is 6. The normalized spacial score (nSPS) is 16.4. The number of aryl methyl sites for hydroxylation is 1. The van der Waals surface area contributed by atoms with Crippen molar-refractivity contribution in [1.29, 1.82) is 0 Å². The highest BCUT2D eigenvalue weighted by molar-refractivity contribution is 5.58. The summed E-state index contributed by atoms with van der Waals surface area (Å²) in [6.45, 7) is 2.76. The van der Waals surface area contributed by atoms with Crippen molar-refractivity contribution in [3.8, 4) is 0 Å². The Morgan fingerprint density at radius 2 is 2.04 bits per heavy atom. The third kappa shape index (κ3) is 2.98. The van der Waals surface area contributed by atoms with Gasteiger partial charge in [-0.1, -0.05) is 0 Å². The number of alkyl halides is 3. The molecule has 0 amide bonds. The minimum Gasteiger partial charge on any atom is -0.372 e. The first-order valence-electron chi connectivity index (χ1n) is 8.31. The predicted molar refractivity (Wildman–Crippen MR) is 91.8 cm³/mol. The van der Waals surface area contributed by atoms with Gasteiger partial charge in [-0.05, 0) is 13.3 Å². The minimum absolute atomic E-state index is 0.0615. The largest absolute Gasteiger partial charge is 0.421 e. The number of nitrogens with one attached hydrogen (secondary N) is 2. The van der Waals surface area contributed by atoms with Crippen LogP contribution >= 0.6 is 0 Å². The van der Waals surface area contributed by atoms with Gasteiger partial charge in [0.15, 0.2) is 0 Å². The van der Waals surface area contributed by atoms with Crippen LogP contribution in [0, 0.1) is 6.92 Å². The van der Waals surface area contributed by atoms with Crippen LogP contribution in [-0.2, 0) is 12.7 Å². The Balaban J connectivity index is 1.61. The molecule has 0 spiro atoms. The van der Waals surface area contributed by atoms with Gasteiger partial charge in [0.2, 0.25) is 5.95 Å². The maximum absolute atomic E-state index is 13.0. The molecule has 0 aromatic carbocycles. The summed E-state index contributed by atoms with van der Waals surface area (Å²) in [4.78, 5) is 11.9. The molecule has 0 unspecified atom stereocenters. The lowest BCUT2D eigenvalue weighted by Crippen LogP contribution is -2.13. The Labute approximate surface area is 152 Å². The van der Waals surface area contributed by atoms with Crippen LogP contribution in [0.2, 0.25) is 0 Å². The Kier molecular flexibility index (Phi) is 4.01. The molecule has 0 bridgehead atoms. The van der Waals surface area contributed by atoms with Gasteiger partial charge in [0, 0.05) is 19.8 Å². The van der Waals surface area contributed by atoms with E-state index in [9.17, 15) is 13.2 Å². The summed E-state index contributed by atoms with van der Waals surface area (Å²) in [7, 11) is 1.38. The minimum atomic E-state index is -4.52. The smallest absolute Gasteiger partial charge is 0.372 e. The van der Waals surface area contributed by atoms with Crippen LogP contribution in [0.25, 0.3) is 0 Å². The van der Waals surface area contributed by atoms with Crippen LogP contribution in [0.5, 0.6) is 0 Å². The fourth-order valence-electron chi connectivity index (χ4n) is 3.27. The zero-order valence-corrected chi connectivity index (χ0v) is 14.6. The first-order valence-corrected chi connectivity index (χ1v) is 8.31. The molecule has 142 valence electrons. The van der Waals surface area contributed by atoms with Crippen molar-refractivity contribution in [3.63, 3.8) is 0 Å². The third-order valence-corrected chi connectivity index (χ3v) is 4.65. The molecule has 4 heterocycles. The average molecular weight is 378 g/mol. The highest BCUT2D eigenvalue weighted by atomic mass is 19.4. The highest BCUT2D eigenvalue weighted by Gasteiger charge is 2.35. The molecular formula is C16H17F3N8. The molecule has 27 heavy (non-hydrogen) atoms. The van der Waals surface area contributed by atoms with Crippen molar-refractivity contribution in [1.82, 2.24) is 29.3 Å². The van der Waals surface area contributed by atoms with Gasteiger partial charge in [0.1, 0.15) is 11.4 Å². The fraction of sp³-hybridized carbons (Fsp3) is 0.375. The number of hydrogen-bond donors (Lipinski definition) is 2. The quantitative estimate of drug-likeness (QED) is 0.726. The molecule has 1 atom stereocenters. The van der Waals surface area contributed by atoms with E-state index in [1.165, 1.54) is 7.05 Å². The van der Waals surface area contributed by atoms with Gasteiger partial charge >= 0.3 is 6.18 Å². The summed E-state index contributed by atoms with van der Waals surface area (Å²) in [5.41, 5.74) is 1.64. The molecule has 4 rings (SSSR count). The van der Waals surface area contributed by atoms with E-state index < -0.39 is 11.7 Å². The summed E-state index contributed by atoms with van der Waals surface area (Å²) < 4.78 is 42.9. The number of fused-ring (bicyclic) bond motifs is 1. The summed E-state index contributed by atoms with van der Waals surface area (Å²) in [6, 6.07) is 0.0736. The fourth-order valence-corrected chi connectivity index (χ4v) is 3.27. The number of imidazole rings is 1. The van der Waals surface area contributed by atoms with Crippen molar-refractivity contribution in [3.05, 3.63) is 41.9 Å². The van der Waals surface area contributed by atoms with Crippen LogP contribution in [0.3, 0.4) is 0 Å².